The molecule has 0 saturated heterocycles. The Bertz CT molecular complexity index is 366. The minimum Gasteiger partial charge on any atom is -0.385 e. The van der Waals surface area contributed by atoms with Crippen LogP contribution in [0.5, 0.6) is 0 Å². The normalized spacial score (nSPS) is 14.1. The van der Waals surface area contributed by atoms with E-state index >= 15 is 0 Å². The molecule has 0 amide bonds. The first-order chi connectivity index (χ1) is 7.85. The quantitative estimate of drug-likeness (QED) is 0.759. The molecule has 2 rings (SSSR count). The lowest BCUT2D eigenvalue weighted by molar-refractivity contribution is 0.194. The van der Waals surface area contributed by atoms with Crippen LogP contribution in [-0.2, 0) is 30.7 Å². The van der Waals surface area contributed by atoms with Gasteiger partial charge in [0.05, 0.1) is 5.69 Å². The fourth-order valence-corrected chi connectivity index (χ4v) is 2.07. The van der Waals surface area contributed by atoms with Crippen molar-refractivity contribution < 1.29 is 4.74 Å². The van der Waals surface area contributed by atoms with Crippen molar-refractivity contribution in [3.05, 3.63) is 22.8 Å². The van der Waals surface area contributed by atoms with Gasteiger partial charge in [0.25, 0.3) is 0 Å². The number of ether oxygens (including phenoxy) is 1. The Morgan fingerprint density at radius 1 is 1.31 bits per heavy atom. The van der Waals surface area contributed by atoms with Crippen LogP contribution in [0.2, 0.25) is 0 Å². The van der Waals surface area contributed by atoms with Gasteiger partial charge in [-0.3, -0.25) is 0 Å². The van der Waals surface area contributed by atoms with Gasteiger partial charge in [0, 0.05) is 44.5 Å². The Balaban J connectivity index is 2.14. The van der Waals surface area contributed by atoms with E-state index in [1.165, 1.54) is 17.0 Å². The predicted molar refractivity (Wildman–Crippen MR) is 62.2 cm³/mol. The van der Waals surface area contributed by atoms with Crippen molar-refractivity contribution in [1.29, 1.82) is 0 Å². The summed E-state index contributed by atoms with van der Waals surface area (Å²) in [6.45, 7) is 4.75. The minimum atomic E-state index is 0.778. The lowest BCUT2D eigenvalue weighted by Crippen LogP contribution is -2.06. The van der Waals surface area contributed by atoms with Gasteiger partial charge in [-0.15, -0.1) is 0 Å². The van der Waals surface area contributed by atoms with Gasteiger partial charge in [-0.1, -0.05) is 6.92 Å². The summed E-state index contributed by atoms with van der Waals surface area (Å²) in [5.74, 6) is 0.969. The van der Waals surface area contributed by atoms with E-state index in [0.717, 1.165) is 44.8 Å². The monoisotopic (exact) mass is 221 g/mol. The Morgan fingerprint density at radius 3 is 2.94 bits per heavy atom. The van der Waals surface area contributed by atoms with Gasteiger partial charge in [0.2, 0.25) is 0 Å². The summed E-state index contributed by atoms with van der Waals surface area (Å²) in [7, 11) is 1.73. The molecule has 1 aromatic rings. The van der Waals surface area contributed by atoms with E-state index < -0.39 is 0 Å². The molecule has 1 aliphatic heterocycles. The molecule has 1 aliphatic rings. The molecule has 1 N–H and O–H groups in total. The first-order valence-corrected chi connectivity index (χ1v) is 5.92. The highest BCUT2D eigenvalue weighted by Gasteiger charge is 2.17. The molecule has 0 saturated carbocycles. The summed E-state index contributed by atoms with van der Waals surface area (Å²) in [6.07, 6.45) is 2.89. The molecule has 2 heterocycles. The molecular formula is C12H19N3O. The Kier molecular flexibility index (Phi) is 3.85. The van der Waals surface area contributed by atoms with E-state index in [4.69, 9.17) is 4.74 Å². The summed E-state index contributed by atoms with van der Waals surface area (Å²) in [5.41, 5.74) is 3.72. The van der Waals surface area contributed by atoms with Crippen LogP contribution in [0, 0.1) is 0 Å². The minimum absolute atomic E-state index is 0.778. The lowest BCUT2D eigenvalue weighted by atomic mass is 10.1. The SMILES string of the molecule is CCc1nc(CCCOC)nc2c1CNC2. The highest BCUT2D eigenvalue weighted by Crippen LogP contribution is 2.17. The van der Waals surface area contributed by atoms with E-state index in [1.54, 1.807) is 7.11 Å². The molecule has 1 aromatic heterocycles. The molecule has 0 aromatic carbocycles. The smallest absolute Gasteiger partial charge is 0.129 e. The van der Waals surface area contributed by atoms with Gasteiger partial charge in [0.15, 0.2) is 0 Å². The molecule has 0 radical (unpaired) electrons. The Morgan fingerprint density at radius 2 is 2.19 bits per heavy atom. The standard InChI is InChI=1S/C12H19N3O/c1-3-10-9-7-13-8-11(9)15-12(14-10)5-4-6-16-2/h13H,3-8H2,1-2H3. The maximum Gasteiger partial charge on any atom is 0.129 e. The molecule has 0 aliphatic carbocycles. The van der Waals surface area contributed by atoms with Crippen molar-refractivity contribution in [2.75, 3.05) is 13.7 Å². The molecule has 0 atom stereocenters. The summed E-state index contributed by atoms with van der Waals surface area (Å²) in [6, 6.07) is 0. The van der Waals surface area contributed by atoms with Crippen molar-refractivity contribution in [1.82, 2.24) is 15.3 Å². The maximum absolute atomic E-state index is 5.04. The summed E-state index contributed by atoms with van der Waals surface area (Å²) in [5, 5.41) is 3.33. The lowest BCUT2D eigenvalue weighted by Gasteiger charge is -2.07. The summed E-state index contributed by atoms with van der Waals surface area (Å²) >= 11 is 0. The van der Waals surface area contributed by atoms with Crippen molar-refractivity contribution in [2.24, 2.45) is 0 Å². The molecule has 16 heavy (non-hydrogen) atoms. The van der Waals surface area contributed by atoms with Crippen molar-refractivity contribution >= 4 is 0 Å². The van der Waals surface area contributed by atoms with E-state index in [0.29, 0.717) is 0 Å². The number of rotatable bonds is 5. The number of methoxy groups -OCH3 is 1. The number of hydrogen-bond acceptors (Lipinski definition) is 4. The maximum atomic E-state index is 5.04. The van der Waals surface area contributed by atoms with E-state index in [-0.39, 0.29) is 0 Å². The van der Waals surface area contributed by atoms with Crippen LogP contribution in [0.15, 0.2) is 0 Å². The predicted octanol–water partition coefficient (Wildman–Crippen LogP) is 1.22. The second-order valence-electron chi connectivity index (χ2n) is 4.07. The topological polar surface area (TPSA) is 47.0 Å². The third-order valence-electron chi connectivity index (χ3n) is 2.90. The molecule has 0 spiro atoms. The zero-order chi connectivity index (χ0) is 11.4. The summed E-state index contributed by atoms with van der Waals surface area (Å²) < 4.78 is 5.04. The number of fused-ring (bicyclic) bond motifs is 1. The number of hydrogen-bond donors (Lipinski definition) is 1. The third kappa shape index (κ3) is 2.39. The van der Waals surface area contributed by atoms with E-state index in [9.17, 15) is 0 Å². The van der Waals surface area contributed by atoms with Crippen molar-refractivity contribution in [3.8, 4) is 0 Å². The van der Waals surface area contributed by atoms with Crippen LogP contribution < -0.4 is 5.32 Å². The molecule has 4 nitrogen and oxygen atoms in total. The molecule has 88 valence electrons. The molecule has 0 unspecified atom stereocenters. The van der Waals surface area contributed by atoms with Crippen molar-refractivity contribution in [2.45, 2.75) is 39.3 Å². The summed E-state index contributed by atoms with van der Waals surface area (Å²) in [4.78, 5) is 9.23. The number of nitrogens with one attached hydrogen (secondary N) is 1. The van der Waals surface area contributed by atoms with Gasteiger partial charge in [-0.25, -0.2) is 9.97 Å². The highest BCUT2D eigenvalue weighted by molar-refractivity contribution is 5.29. The van der Waals surface area contributed by atoms with Crippen LogP contribution in [-0.4, -0.2) is 23.7 Å². The number of nitrogens with zero attached hydrogens (tertiary/aromatic N) is 2. The Labute approximate surface area is 96.4 Å². The van der Waals surface area contributed by atoms with Crippen LogP contribution in [0.4, 0.5) is 0 Å². The molecule has 4 heteroatoms. The van der Waals surface area contributed by atoms with Crippen LogP contribution in [0.25, 0.3) is 0 Å². The second-order valence-corrected chi connectivity index (χ2v) is 4.07. The molecule has 0 bridgehead atoms. The van der Waals surface area contributed by atoms with Gasteiger partial charge in [-0.05, 0) is 12.8 Å². The average Bonchev–Trinajstić information content (AvgIpc) is 2.76. The van der Waals surface area contributed by atoms with Crippen LogP contribution >= 0.6 is 0 Å². The second kappa shape index (κ2) is 5.37. The Hall–Kier alpha value is -1.00. The van der Waals surface area contributed by atoms with E-state index in [1.807, 2.05) is 0 Å². The van der Waals surface area contributed by atoms with Gasteiger partial charge in [0.1, 0.15) is 5.82 Å². The first-order valence-electron chi connectivity index (χ1n) is 5.92. The number of aromatic nitrogens is 2. The third-order valence-corrected chi connectivity index (χ3v) is 2.90. The van der Waals surface area contributed by atoms with Crippen LogP contribution in [0.1, 0.15) is 36.1 Å². The number of aryl methyl sites for hydroxylation is 2. The first kappa shape index (κ1) is 11.5. The largest absolute Gasteiger partial charge is 0.385 e. The molecule has 0 fully saturated rings. The fraction of sp³-hybridized carbons (Fsp3) is 0.667. The zero-order valence-electron chi connectivity index (χ0n) is 10.0. The van der Waals surface area contributed by atoms with Crippen molar-refractivity contribution in [3.63, 3.8) is 0 Å². The molecular weight excluding hydrogens is 202 g/mol. The van der Waals surface area contributed by atoms with Gasteiger partial charge < -0.3 is 10.1 Å². The average molecular weight is 221 g/mol. The zero-order valence-corrected chi connectivity index (χ0v) is 10.0. The van der Waals surface area contributed by atoms with Gasteiger partial charge >= 0.3 is 0 Å². The highest BCUT2D eigenvalue weighted by atomic mass is 16.5. The van der Waals surface area contributed by atoms with Gasteiger partial charge in [-0.2, -0.15) is 0 Å². The fourth-order valence-electron chi connectivity index (χ4n) is 2.07. The van der Waals surface area contributed by atoms with Crippen LogP contribution in [0.3, 0.4) is 0 Å². The van der Waals surface area contributed by atoms with E-state index in [2.05, 4.69) is 22.2 Å².